The van der Waals surface area contributed by atoms with Crippen LogP contribution in [0.3, 0.4) is 0 Å². The molecule has 1 aliphatic heterocycles. The molecule has 0 fully saturated rings. The predicted molar refractivity (Wildman–Crippen MR) is 87.7 cm³/mol. The summed E-state index contributed by atoms with van der Waals surface area (Å²) in [6.07, 6.45) is 1.44. The van der Waals surface area contributed by atoms with Crippen LogP contribution < -0.4 is 5.32 Å². The smallest absolute Gasteiger partial charge is 0.306 e. The third-order valence-electron chi connectivity index (χ3n) is 4.05. The van der Waals surface area contributed by atoms with Gasteiger partial charge in [0.15, 0.2) is 0 Å². The van der Waals surface area contributed by atoms with Crippen molar-refractivity contribution in [1.82, 2.24) is 0 Å². The van der Waals surface area contributed by atoms with E-state index in [0.29, 0.717) is 12.8 Å². The lowest BCUT2D eigenvalue weighted by molar-refractivity contribution is -0.145. The molecule has 118 valence electrons. The van der Waals surface area contributed by atoms with Gasteiger partial charge < -0.3 is 10.1 Å². The number of anilines is 1. The number of nitrogens with one attached hydrogen (secondary N) is 1. The van der Waals surface area contributed by atoms with Gasteiger partial charge in [0.2, 0.25) is 5.91 Å². The van der Waals surface area contributed by atoms with E-state index in [1.165, 1.54) is 0 Å². The number of benzene rings is 2. The summed E-state index contributed by atoms with van der Waals surface area (Å²) in [6.45, 7) is 0.277. The van der Waals surface area contributed by atoms with Gasteiger partial charge in [0.1, 0.15) is 6.61 Å². The predicted octanol–water partition coefficient (Wildman–Crippen LogP) is 3.32. The number of esters is 1. The van der Waals surface area contributed by atoms with Crippen LogP contribution >= 0.6 is 0 Å². The molecule has 2 aromatic carbocycles. The van der Waals surface area contributed by atoms with Crippen LogP contribution in [0.25, 0.3) is 0 Å². The number of ether oxygens (including phenoxy) is 1. The number of carbonyl (C=O) groups is 2. The van der Waals surface area contributed by atoms with Crippen LogP contribution in [-0.2, 0) is 27.4 Å². The van der Waals surface area contributed by atoms with Crippen molar-refractivity contribution < 1.29 is 14.3 Å². The van der Waals surface area contributed by atoms with Gasteiger partial charge in [-0.1, -0.05) is 48.5 Å². The lowest BCUT2D eigenvalue weighted by Crippen LogP contribution is -2.30. The Morgan fingerprint density at radius 1 is 1.09 bits per heavy atom. The third kappa shape index (κ3) is 3.97. The van der Waals surface area contributed by atoms with Gasteiger partial charge in [0.05, 0.1) is 0 Å². The molecular formula is C19H19NO3. The van der Waals surface area contributed by atoms with E-state index < -0.39 is 0 Å². The average Bonchev–Trinajstić information content (AvgIpc) is 2.59. The fourth-order valence-electron chi connectivity index (χ4n) is 2.75. The first-order valence-electron chi connectivity index (χ1n) is 7.80. The number of para-hydroxylation sites is 1. The lowest BCUT2D eigenvalue weighted by atomic mass is 9.90. The molecule has 0 radical (unpaired) electrons. The quantitative estimate of drug-likeness (QED) is 0.862. The molecule has 0 saturated carbocycles. The Balaban J connectivity index is 1.48. The van der Waals surface area contributed by atoms with Crippen molar-refractivity contribution in [1.29, 1.82) is 0 Å². The van der Waals surface area contributed by atoms with E-state index in [0.717, 1.165) is 16.8 Å². The summed E-state index contributed by atoms with van der Waals surface area (Å²) in [6, 6.07) is 17.3. The highest BCUT2D eigenvalue weighted by molar-refractivity contribution is 5.95. The van der Waals surface area contributed by atoms with Crippen molar-refractivity contribution in [3.8, 4) is 0 Å². The summed E-state index contributed by atoms with van der Waals surface area (Å²) < 4.78 is 5.25. The van der Waals surface area contributed by atoms with Crippen molar-refractivity contribution in [2.45, 2.75) is 25.9 Å². The fourth-order valence-corrected chi connectivity index (χ4v) is 2.75. The zero-order valence-electron chi connectivity index (χ0n) is 12.8. The normalized spacial score (nSPS) is 16.3. The number of fused-ring (bicyclic) bond motifs is 1. The molecule has 3 rings (SSSR count). The largest absolute Gasteiger partial charge is 0.461 e. The second kappa shape index (κ2) is 7.09. The molecule has 0 aromatic heterocycles. The highest BCUT2D eigenvalue weighted by atomic mass is 16.5. The standard InChI is InChI=1S/C19H19NO3/c21-18(23-13-14-6-2-1-3-7-14)11-10-16-12-15-8-4-5-9-17(15)20-19(16)22/h1-9,16H,10-13H2,(H,20,22). The molecule has 0 bridgehead atoms. The maximum Gasteiger partial charge on any atom is 0.306 e. The van der Waals surface area contributed by atoms with Crippen molar-refractivity contribution in [2.75, 3.05) is 5.32 Å². The Morgan fingerprint density at radius 2 is 1.83 bits per heavy atom. The van der Waals surface area contributed by atoms with Gasteiger partial charge >= 0.3 is 5.97 Å². The number of amides is 1. The summed E-state index contributed by atoms with van der Waals surface area (Å²) in [7, 11) is 0. The van der Waals surface area contributed by atoms with Crippen LogP contribution in [-0.4, -0.2) is 11.9 Å². The van der Waals surface area contributed by atoms with E-state index in [2.05, 4.69) is 5.32 Å². The van der Waals surface area contributed by atoms with Crippen LogP contribution in [0.4, 0.5) is 5.69 Å². The molecule has 1 aliphatic rings. The molecule has 1 unspecified atom stereocenters. The zero-order valence-corrected chi connectivity index (χ0v) is 12.8. The van der Waals surface area contributed by atoms with E-state index in [1.807, 2.05) is 54.6 Å². The maximum atomic E-state index is 12.1. The Kier molecular flexibility index (Phi) is 4.71. The number of hydrogen-bond acceptors (Lipinski definition) is 3. The molecule has 0 aliphatic carbocycles. The first kappa shape index (κ1) is 15.3. The summed E-state index contributed by atoms with van der Waals surface area (Å²) in [5, 5.41) is 2.90. The number of hydrogen-bond donors (Lipinski definition) is 1. The summed E-state index contributed by atoms with van der Waals surface area (Å²) in [4.78, 5) is 23.9. The maximum absolute atomic E-state index is 12.1. The Bertz CT molecular complexity index is 697. The Labute approximate surface area is 135 Å². The number of carbonyl (C=O) groups excluding carboxylic acids is 2. The monoisotopic (exact) mass is 309 g/mol. The average molecular weight is 309 g/mol. The molecule has 0 saturated heterocycles. The molecule has 4 nitrogen and oxygen atoms in total. The van der Waals surface area contributed by atoms with Crippen LogP contribution in [0, 0.1) is 5.92 Å². The lowest BCUT2D eigenvalue weighted by Gasteiger charge is -2.24. The molecule has 0 spiro atoms. The van der Waals surface area contributed by atoms with Gasteiger partial charge in [-0.05, 0) is 30.0 Å². The van der Waals surface area contributed by atoms with Crippen LogP contribution in [0.2, 0.25) is 0 Å². The van der Waals surface area contributed by atoms with Crippen molar-refractivity contribution in [2.24, 2.45) is 5.92 Å². The van der Waals surface area contributed by atoms with E-state index in [-0.39, 0.29) is 30.8 Å². The first-order chi connectivity index (χ1) is 11.2. The van der Waals surface area contributed by atoms with Gasteiger partial charge in [0.25, 0.3) is 0 Å². The van der Waals surface area contributed by atoms with Crippen LogP contribution in [0.15, 0.2) is 54.6 Å². The molecule has 1 heterocycles. The second-order valence-corrected chi connectivity index (χ2v) is 5.73. The SMILES string of the molecule is O=C(CCC1Cc2ccccc2NC1=O)OCc1ccccc1. The summed E-state index contributed by atoms with van der Waals surface area (Å²) in [5.74, 6) is -0.450. The minimum atomic E-state index is -0.263. The van der Waals surface area contributed by atoms with Crippen molar-refractivity contribution in [3.63, 3.8) is 0 Å². The second-order valence-electron chi connectivity index (χ2n) is 5.73. The highest BCUT2D eigenvalue weighted by Crippen LogP contribution is 2.27. The minimum absolute atomic E-state index is 0.0143. The van der Waals surface area contributed by atoms with Gasteiger partial charge in [-0.15, -0.1) is 0 Å². The first-order valence-corrected chi connectivity index (χ1v) is 7.80. The number of rotatable bonds is 5. The van der Waals surface area contributed by atoms with E-state index >= 15 is 0 Å². The van der Waals surface area contributed by atoms with E-state index in [4.69, 9.17) is 4.74 Å². The van der Waals surface area contributed by atoms with E-state index in [1.54, 1.807) is 0 Å². The summed E-state index contributed by atoms with van der Waals surface area (Å²) in [5.41, 5.74) is 2.96. The molecule has 23 heavy (non-hydrogen) atoms. The van der Waals surface area contributed by atoms with Crippen LogP contribution in [0.5, 0.6) is 0 Å². The highest BCUT2D eigenvalue weighted by Gasteiger charge is 2.26. The molecule has 1 N–H and O–H groups in total. The Morgan fingerprint density at radius 3 is 2.65 bits per heavy atom. The van der Waals surface area contributed by atoms with Gasteiger partial charge in [-0.2, -0.15) is 0 Å². The minimum Gasteiger partial charge on any atom is -0.461 e. The van der Waals surface area contributed by atoms with Crippen molar-refractivity contribution in [3.05, 3.63) is 65.7 Å². The topological polar surface area (TPSA) is 55.4 Å². The molecule has 4 heteroatoms. The fraction of sp³-hybridized carbons (Fsp3) is 0.263. The zero-order chi connectivity index (χ0) is 16.1. The molecule has 1 amide bonds. The molecule has 2 aromatic rings. The Hall–Kier alpha value is -2.62. The molecular weight excluding hydrogens is 290 g/mol. The van der Waals surface area contributed by atoms with E-state index in [9.17, 15) is 9.59 Å². The van der Waals surface area contributed by atoms with Crippen molar-refractivity contribution >= 4 is 17.6 Å². The van der Waals surface area contributed by atoms with Crippen LogP contribution in [0.1, 0.15) is 24.0 Å². The molecule has 1 atom stereocenters. The third-order valence-corrected chi connectivity index (χ3v) is 4.05. The van der Waals surface area contributed by atoms with Gasteiger partial charge in [0, 0.05) is 18.0 Å². The van der Waals surface area contributed by atoms with Gasteiger partial charge in [-0.3, -0.25) is 9.59 Å². The summed E-state index contributed by atoms with van der Waals surface area (Å²) >= 11 is 0. The van der Waals surface area contributed by atoms with Gasteiger partial charge in [-0.25, -0.2) is 0 Å².